The Balaban J connectivity index is 2.16. The van der Waals surface area contributed by atoms with Crippen LogP contribution in [0.25, 0.3) is 0 Å². The summed E-state index contributed by atoms with van der Waals surface area (Å²) in [5, 5.41) is 3.60. The van der Waals surface area contributed by atoms with Crippen molar-refractivity contribution in [3.05, 3.63) is 34.1 Å². The van der Waals surface area contributed by atoms with Crippen molar-refractivity contribution in [3.63, 3.8) is 0 Å². The van der Waals surface area contributed by atoms with Gasteiger partial charge < -0.3 is 5.32 Å². The Morgan fingerprint density at radius 1 is 1.24 bits per heavy atom. The molecule has 1 aliphatic carbocycles. The van der Waals surface area contributed by atoms with E-state index in [-0.39, 0.29) is 11.9 Å². The number of rotatable bonds is 6. The molecular weight excluding hydrogens is 329 g/mol. The van der Waals surface area contributed by atoms with Gasteiger partial charge in [0.1, 0.15) is 5.82 Å². The van der Waals surface area contributed by atoms with Gasteiger partial charge in [0.2, 0.25) is 0 Å². The Bertz CT molecular complexity index is 441. The Labute approximate surface area is 136 Å². The molecule has 0 aliphatic heterocycles. The highest BCUT2D eigenvalue weighted by Gasteiger charge is 2.29. The van der Waals surface area contributed by atoms with Crippen molar-refractivity contribution >= 4 is 15.9 Å². The summed E-state index contributed by atoms with van der Waals surface area (Å²) in [7, 11) is 0. The van der Waals surface area contributed by atoms with Crippen LogP contribution in [0.1, 0.15) is 64.0 Å². The molecule has 1 aliphatic rings. The molecule has 0 aromatic heterocycles. The number of halogens is 2. The fourth-order valence-corrected chi connectivity index (χ4v) is 3.90. The van der Waals surface area contributed by atoms with Crippen molar-refractivity contribution < 1.29 is 4.39 Å². The van der Waals surface area contributed by atoms with Gasteiger partial charge in [-0.05, 0) is 59.6 Å². The summed E-state index contributed by atoms with van der Waals surface area (Å²) in [5.41, 5.74) is 0.831. The van der Waals surface area contributed by atoms with Crippen LogP contribution in [0, 0.1) is 17.7 Å². The van der Waals surface area contributed by atoms with Crippen LogP contribution in [-0.2, 0) is 0 Å². The van der Waals surface area contributed by atoms with Crippen molar-refractivity contribution in [1.29, 1.82) is 0 Å². The van der Waals surface area contributed by atoms with E-state index < -0.39 is 0 Å². The summed E-state index contributed by atoms with van der Waals surface area (Å²) in [6, 6.07) is 5.82. The third-order valence-electron chi connectivity index (χ3n) is 4.87. The van der Waals surface area contributed by atoms with Gasteiger partial charge in [-0.15, -0.1) is 0 Å². The molecule has 1 atom stereocenters. The number of benzene rings is 1. The van der Waals surface area contributed by atoms with Crippen molar-refractivity contribution in [1.82, 2.24) is 5.32 Å². The molecule has 1 aromatic rings. The largest absolute Gasteiger partial charge is 0.310 e. The maximum atomic E-state index is 14.5. The summed E-state index contributed by atoms with van der Waals surface area (Å²) in [4.78, 5) is 0. The second-order valence-corrected chi connectivity index (χ2v) is 7.12. The van der Waals surface area contributed by atoms with E-state index in [4.69, 9.17) is 0 Å². The fourth-order valence-electron chi connectivity index (χ4n) is 3.52. The second-order valence-electron chi connectivity index (χ2n) is 6.26. The highest BCUT2D eigenvalue weighted by Crippen LogP contribution is 2.39. The molecule has 0 radical (unpaired) electrons. The first-order chi connectivity index (χ1) is 10.2. The van der Waals surface area contributed by atoms with Gasteiger partial charge in [0.25, 0.3) is 0 Å². The lowest BCUT2D eigenvalue weighted by Gasteiger charge is -2.34. The van der Waals surface area contributed by atoms with Crippen LogP contribution in [0.15, 0.2) is 22.7 Å². The lowest BCUT2D eigenvalue weighted by Crippen LogP contribution is -2.32. The van der Waals surface area contributed by atoms with E-state index in [1.807, 2.05) is 12.1 Å². The Morgan fingerprint density at radius 2 is 1.95 bits per heavy atom. The van der Waals surface area contributed by atoms with Crippen LogP contribution in [0.4, 0.5) is 4.39 Å². The van der Waals surface area contributed by atoms with Crippen LogP contribution in [0.2, 0.25) is 0 Å². The molecule has 0 amide bonds. The summed E-state index contributed by atoms with van der Waals surface area (Å²) >= 11 is 3.32. The average Bonchev–Trinajstić information content (AvgIpc) is 2.52. The van der Waals surface area contributed by atoms with Gasteiger partial charge in [0.05, 0.1) is 4.47 Å². The van der Waals surface area contributed by atoms with E-state index in [9.17, 15) is 4.39 Å². The minimum Gasteiger partial charge on any atom is -0.310 e. The SMILES string of the molecule is CCCNC(c1cccc(Br)c1F)C1CCC(CC)CC1. The van der Waals surface area contributed by atoms with Crippen LogP contribution in [0.5, 0.6) is 0 Å². The second kappa shape index (κ2) is 8.28. The first-order valence-corrected chi connectivity index (χ1v) is 9.13. The number of nitrogens with one attached hydrogen (secondary N) is 1. The maximum absolute atomic E-state index is 14.5. The molecule has 118 valence electrons. The Morgan fingerprint density at radius 3 is 2.57 bits per heavy atom. The molecule has 3 heteroatoms. The summed E-state index contributed by atoms with van der Waals surface area (Å²) in [6.07, 6.45) is 7.38. The molecule has 1 saturated carbocycles. The van der Waals surface area contributed by atoms with Crippen molar-refractivity contribution in [2.24, 2.45) is 11.8 Å². The van der Waals surface area contributed by atoms with Crippen LogP contribution < -0.4 is 5.32 Å². The van der Waals surface area contributed by atoms with E-state index in [2.05, 4.69) is 35.1 Å². The van der Waals surface area contributed by atoms with Gasteiger partial charge in [-0.1, -0.05) is 45.2 Å². The summed E-state index contributed by atoms with van der Waals surface area (Å²) < 4.78 is 15.1. The van der Waals surface area contributed by atoms with Gasteiger partial charge in [-0.2, -0.15) is 0 Å². The maximum Gasteiger partial charge on any atom is 0.142 e. The topological polar surface area (TPSA) is 12.0 Å². The van der Waals surface area contributed by atoms with Gasteiger partial charge in [0.15, 0.2) is 0 Å². The molecule has 0 saturated heterocycles. The molecular formula is C18H27BrFN. The number of hydrogen-bond acceptors (Lipinski definition) is 1. The lowest BCUT2D eigenvalue weighted by molar-refractivity contribution is 0.216. The van der Waals surface area contributed by atoms with Crippen LogP contribution in [-0.4, -0.2) is 6.54 Å². The molecule has 0 heterocycles. The normalized spacial score (nSPS) is 24.0. The molecule has 1 nitrogen and oxygen atoms in total. The first kappa shape index (κ1) is 17.0. The highest BCUT2D eigenvalue weighted by molar-refractivity contribution is 9.10. The van der Waals surface area contributed by atoms with E-state index in [0.717, 1.165) is 24.4 Å². The monoisotopic (exact) mass is 355 g/mol. The minimum absolute atomic E-state index is 0.0938. The summed E-state index contributed by atoms with van der Waals surface area (Å²) in [5.74, 6) is 1.34. The fraction of sp³-hybridized carbons (Fsp3) is 0.667. The van der Waals surface area contributed by atoms with Crippen molar-refractivity contribution in [2.75, 3.05) is 6.54 Å². The molecule has 2 rings (SSSR count). The van der Waals surface area contributed by atoms with Gasteiger partial charge >= 0.3 is 0 Å². The predicted octanol–water partition coefficient (Wildman–Crippen LogP) is 5.85. The third kappa shape index (κ3) is 4.29. The van der Waals surface area contributed by atoms with E-state index in [0.29, 0.717) is 10.4 Å². The molecule has 1 N–H and O–H groups in total. The quantitative estimate of drug-likeness (QED) is 0.675. The zero-order valence-corrected chi connectivity index (χ0v) is 14.8. The van der Waals surface area contributed by atoms with Gasteiger partial charge in [0, 0.05) is 11.6 Å². The van der Waals surface area contributed by atoms with Gasteiger partial charge in [-0.3, -0.25) is 0 Å². The standard InChI is InChI=1S/C18H27BrFN/c1-3-12-21-18(14-10-8-13(4-2)9-11-14)15-6-5-7-16(19)17(15)20/h5-7,13-14,18,21H,3-4,8-12H2,1-2H3. The molecule has 1 aromatic carbocycles. The Kier molecular flexibility index (Phi) is 6.69. The van der Waals surface area contributed by atoms with E-state index >= 15 is 0 Å². The third-order valence-corrected chi connectivity index (χ3v) is 5.48. The van der Waals surface area contributed by atoms with Crippen molar-refractivity contribution in [3.8, 4) is 0 Å². The molecule has 1 unspecified atom stereocenters. The predicted molar refractivity (Wildman–Crippen MR) is 90.9 cm³/mol. The van der Waals surface area contributed by atoms with Crippen LogP contribution >= 0.6 is 15.9 Å². The number of hydrogen-bond donors (Lipinski definition) is 1. The zero-order chi connectivity index (χ0) is 15.2. The van der Waals surface area contributed by atoms with Gasteiger partial charge in [-0.25, -0.2) is 4.39 Å². The highest BCUT2D eigenvalue weighted by atomic mass is 79.9. The molecule has 0 bridgehead atoms. The lowest BCUT2D eigenvalue weighted by atomic mass is 9.76. The average molecular weight is 356 g/mol. The van der Waals surface area contributed by atoms with E-state index in [1.165, 1.54) is 32.1 Å². The van der Waals surface area contributed by atoms with Crippen molar-refractivity contribution in [2.45, 2.75) is 58.4 Å². The smallest absolute Gasteiger partial charge is 0.142 e. The van der Waals surface area contributed by atoms with E-state index in [1.54, 1.807) is 6.07 Å². The zero-order valence-electron chi connectivity index (χ0n) is 13.2. The summed E-state index contributed by atoms with van der Waals surface area (Å²) in [6.45, 7) is 5.39. The van der Waals surface area contributed by atoms with Crippen LogP contribution in [0.3, 0.4) is 0 Å². The molecule has 21 heavy (non-hydrogen) atoms. The Hall–Kier alpha value is -0.410. The molecule has 0 spiro atoms. The molecule has 1 fully saturated rings. The first-order valence-electron chi connectivity index (χ1n) is 8.34. The minimum atomic E-state index is -0.0938.